The lowest BCUT2D eigenvalue weighted by molar-refractivity contribution is 0.199. The molecule has 0 heterocycles. The standard InChI is InChI=1S/C14H23FN2O/c1-11(18)12-6-7-14(13(15)10-12)17(4)9-5-8-16(2)3/h6-7,10-11,18H,5,8-9H2,1-4H3/t11-/m0/s1. The van der Waals surface area contributed by atoms with Gasteiger partial charge in [-0.05, 0) is 51.7 Å². The third kappa shape index (κ3) is 4.27. The lowest BCUT2D eigenvalue weighted by Crippen LogP contribution is -2.24. The van der Waals surface area contributed by atoms with Crippen molar-refractivity contribution in [1.82, 2.24) is 4.90 Å². The summed E-state index contributed by atoms with van der Waals surface area (Å²) < 4.78 is 13.9. The summed E-state index contributed by atoms with van der Waals surface area (Å²) >= 11 is 0. The monoisotopic (exact) mass is 254 g/mol. The molecule has 0 bridgehead atoms. The van der Waals surface area contributed by atoms with Gasteiger partial charge in [0.2, 0.25) is 0 Å². The molecule has 102 valence electrons. The normalized spacial score (nSPS) is 12.8. The lowest BCUT2D eigenvalue weighted by atomic mass is 10.1. The molecule has 0 spiro atoms. The zero-order chi connectivity index (χ0) is 13.7. The summed E-state index contributed by atoms with van der Waals surface area (Å²) in [7, 11) is 5.94. The number of aliphatic hydroxyl groups is 1. The van der Waals surface area contributed by atoms with Gasteiger partial charge in [-0.2, -0.15) is 0 Å². The van der Waals surface area contributed by atoms with E-state index in [0.29, 0.717) is 11.3 Å². The molecule has 0 aromatic heterocycles. The maximum Gasteiger partial charge on any atom is 0.146 e. The second-order valence-electron chi connectivity index (χ2n) is 4.97. The molecule has 0 fully saturated rings. The Hall–Kier alpha value is -1.13. The topological polar surface area (TPSA) is 26.7 Å². The van der Waals surface area contributed by atoms with Crippen LogP contribution in [0.25, 0.3) is 0 Å². The Morgan fingerprint density at radius 2 is 1.89 bits per heavy atom. The van der Waals surface area contributed by atoms with Gasteiger partial charge in [-0.15, -0.1) is 0 Å². The van der Waals surface area contributed by atoms with Gasteiger partial charge in [0.1, 0.15) is 5.82 Å². The van der Waals surface area contributed by atoms with Crippen molar-refractivity contribution in [2.75, 3.05) is 39.1 Å². The highest BCUT2D eigenvalue weighted by molar-refractivity contribution is 5.48. The molecule has 0 saturated heterocycles. The van der Waals surface area contributed by atoms with Gasteiger partial charge < -0.3 is 14.9 Å². The first-order valence-electron chi connectivity index (χ1n) is 6.25. The molecule has 0 amide bonds. The van der Waals surface area contributed by atoms with E-state index in [1.165, 1.54) is 6.07 Å². The zero-order valence-electron chi connectivity index (χ0n) is 11.7. The van der Waals surface area contributed by atoms with Crippen LogP contribution in [0.5, 0.6) is 0 Å². The predicted molar refractivity (Wildman–Crippen MR) is 73.5 cm³/mol. The molecule has 18 heavy (non-hydrogen) atoms. The molecule has 1 aromatic rings. The second kappa shape index (κ2) is 6.71. The number of anilines is 1. The van der Waals surface area contributed by atoms with Gasteiger partial charge in [0.05, 0.1) is 11.8 Å². The fraction of sp³-hybridized carbons (Fsp3) is 0.571. The van der Waals surface area contributed by atoms with Crippen molar-refractivity contribution < 1.29 is 9.50 Å². The quantitative estimate of drug-likeness (QED) is 0.843. The Balaban J connectivity index is 2.65. The molecule has 1 aromatic carbocycles. The van der Waals surface area contributed by atoms with E-state index in [1.807, 2.05) is 26.0 Å². The summed E-state index contributed by atoms with van der Waals surface area (Å²) in [5, 5.41) is 9.39. The minimum atomic E-state index is -0.632. The second-order valence-corrected chi connectivity index (χ2v) is 4.97. The third-order valence-corrected chi connectivity index (χ3v) is 2.96. The maximum absolute atomic E-state index is 13.9. The van der Waals surface area contributed by atoms with Gasteiger partial charge in [-0.3, -0.25) is 0 Å². The van der Waals surface area contributed by atoms with E-state index in [4.69, 9.17) is 0 Å². The van der Waals surface area contributed by atoms with E-state index in [2.05, 4.69) is 4.90 Å². The van der Waals surface area contributed by atoms with Crippen molar-refractivity contribution in [3.05, 3.63) is 29.6 Å². The van der Waals surface area contributed by atoms with E-state index in [9.17, 15) is 9.50 Å². The lowest BCUT2D eigenvalue weighted by Gasteiger charge is -2.21. The molecular weight excluding hydrogens is 231 g/mol. The van der Waals surface area contributed by atoms with Crippen LogP contribution in [0, 0.1) is 5.82 Å². The Bertz CT molecular complexity index is 380. The average Bonchev–Trinajstić information content (AvgIpc) is 2.27. The van der Waals surface area contributed by atoms with Gasteiger partial charge in [0.25, 0.3) is 0 Å². The molecule has 0 aliphatic heterocycles. The average molecular weight is 254 g/mol. The van der Waals surface area contributed by atoms with Crippen LogP contribution in [0.15, 0.2) is 18.2 Å². The molecular formula is C14H23FN2O. The summed E-state index contributed by atoms with van der Waals surface area (Å²) in [5.41, 5.74) is 1.19. The van der Waals surface area contributed by atoms with Crippen LogP contribution in [0.2, 0.25) is 0 Å². The van der Waals surface area contributed by atoms with Crippen molar-refractivity contribution in [1.29, 1.82) is 0 Å². The van der Waals surface area contributed by atoms with Crippen molar-refractivity contribution in [3.8, 4) is 0 Å². The number of nitrogens with zero attached hydrogens (tertiary/aromatic N) is 2. The molecule has 0 radical (unpaired) electrons. The summed E-state index contributed by atoms with van der Waals surface area (Å²) in [6.07, 6.45) is 0.355. The highest BCUT2D eigenvalue weighted by atomic mass is 19.1. The van der Waals surface area contributed by atoms with E-state index < -0.39 is 6.10 Å². The maximum atomic E-state index is 13.9. The Kier molecular flexibility index (Phi) is 5.56. The van der Waals surface area contributed by atoms with Crippen LogP contribution in [0.4, 0.5) is 10.1 Å². The van der Waals surface area contributed by atoms with E-state index in [-0.39, 0.29) is 5.82 Å². The molecule has 3 nitrogen and oxygen atoms in total. The number of aliphatic hydroxyl groups excluding tert-OH is 1. The van der Waals surface area contributed by atoms with Gasteiger partial charge in [0.15, 0.2) is 0 Å². The van der Waals surface area contributed by atoms with Gasteiger partial charge in [0, 0.05) is 13.6 Å². The van der Waals surface area contributed by atoms with E-state index in [1.54, 1.807) is 19.1 Å². The van der Waals surface area contributed by atoms with E-state index in [0.717, 1.165) is 19.5 Å². The minimum Gasteiger partial charge on any atom is -0.389 e. The summed E-state index contributed by atoms with van der Waals surface area (Å²) in [6, 6.07) is 4.90. The van der Waals surface area contributed by atoms with Crippen LogP contribution in [-0.2, 0) is 0 Å². The zero-order valence-corrected chi connectivity index (χ0v) is 11.7. The smallest absolute Gasteiger partial charge is 0.146 e. The van der Waals surface area contributed by atoms with Crippen LogP contribution in [0.3, 0.4) is 0 Å². The third-order valence-electron chi connectivity index (χ3n) is 2.96. The summed E-state index contributed by atoms with van der Waals surface area (Å²) in [5.74, 6) is -0.277. The SMILES string of the molecule is C[C@H](O)c1ccc(N(C)CCCN(C)C)c(F)c1. The molecule has 0 aliphatic rings. The predicted octanol–water partition coefficient (Wildman–Crippen LogP) is 2.27. The first kappa shape index (κ1) is 14.9. The van der Waals surface area contributed by atoms with Crippen LogP contribution >= 0.6 is 0 Å². The molecule has 4 heteroatoms. The van der Waals surface area contributed by atoms with Crippen LogP contribution in [0.1, 0.15) is 25.0 Å². The number of benzene rings is 1. The fourth-order valence-electron chi connectivity index (χ4n) is 1.84. The Morgan fingerprint density at radius 1 is 1.22 bits per heavy atom. The minimum absolute atomic E-state index is 0.277. The van der Waals surface area contributed by atoms with E-state index >= 15 is 0 Å². The van der Waals surface area contributed by atoms with Crippen molar-refractivity contribution in [2.45, 2.75) is 19.4 Å². The van der Waals surface area contributed by atoms with Crippen LogP contribution < -0.4 is 4.90 Å². The van der Waals surface area contributed by atoms with Crippen molar-refractivity contribution in [2.24, 2.45) is 0 Å². The number of hydrogen-bond acceptors (Lipinski definition) is 3. The first-order chi connectivity index (χ1) is 8.41. The first-order valence-corrected chi connectivity index (χ1v) is 6.25. The number of halogens is 1. The molecule has 1 atom stereocenters. The number of hydrogen-bond donors (Lipinski definition) is 1. The van der Waals surface area contributed by atoms with Crippen LogP contribution in [-0.4, -0.2) is 44.2 Å². The van der Waals surface area contributed by atoms with Crippen molar-refractivity contribution >= 4 is 5.69 Å². The molecule has 1 N–H and O–H groups in total. The molecule has 1 rings (SSSR count). The molecule has 0 aliphatic carbocycles. The largest absolute Gasteiger partial charge is 0.389 e. The highest BCUT2D eigenvalue weighted by Gasteiger charge is 2.10. The Labute approximate surface area is 109 Å². The molecule has 0 unspecified atom stereocenters. The fourth-order valence-corrected chi connectivity index (χ4v) is 1.84. The summed E-state index contributed by atoms with van der Waals surface area (Å²) in [4.78, 5) is 4.02. The van der Waals surface area contributed by atoms with Crippen molar-refractivity contribution in [3.63, 3.8) is 0 Å². The van der Waals surface area contributed by atoms with Gasteiger partial charge in [-0.1, -0.05) is 6.07 Å². The highest BCUT2D eigenvalue weighted by Crippen LogP contribution is 2.22. The van der Waals surface area contributed by atoms with Gasteiger partial charge in [-0.25, -0.2) is 4.39 Å². The van der Waals surface area contributed by atoms with Gasteiger partial charge >= 0.3 is 0 Å². The Morgan fingerprint density at radius 3 is 2.39 bits per heavy atom. The summed E-state index contributed by atoms with van der Waals surface area (Å²) in [6.45, 7) is 3.43. The molecule has 0 saturated carbocycles. The number of rotatable bonds is 6.